The maximum atomic E-state index is 15.0. The number of nitrogens with zero attached hydrogens (tertiary/aromatic N) is 2. The summed E-state index contributed by atoms with van der Waals surface area (Å²) in [7, 11) is 0. The fourth-order valence-electron chi connectivity index (χ4n) is 5.07. The number of carbonyl (C=O) groups excluding carboxylic acids is 3. The first-order chi connectivity index (χ1) is 19.3. The summed E-state index contributed by atoms with van der Waals surface area (Å²) < 4.78 is 16.3. The number of hydrogen-bond acceptors (Lipinski definition) is 4. The van der Waals surface area contributed by atoms with Crippen LogP contribution in [-0.4, -0.2) is 57.3 Å². The van der Waals surface area contributed by atoms with Crippen molar-refractivity contribution < 1.29 is 18.8 Å². The monoisotopic (exact) mass is 561 g/mol. The molecule has 204 valence electrons. The molecule has 2 aromatic carbocycles. The number of halogens is 2. The van der Waals surface area contributed by atoms with E-state index in [0.717, 1.165) is 24.3 Å². The smallest absolute Gasteiger partial charge is 0.255 e. The molecule has 2 atom stereocenters. The second-order valence-electron chi connectivity index (χ2n) is 10.1. The van der Waals surface area contributed by atoms with Crippen LogP contribution >= 0.6 is 11.6 Å². The van der Waals surface area contributed by atoms with Crippen molar-refractivity contribution in [2.45, 2.75) is 24.9 Å². The largest absolute Gasteiger partial charge is 0.360 e. The van der Waals surface area contributed by atoms with Crippen molar-refractivity contribution in [1.29, 1.82) is 0 Å². The van der Waals surface area contributed by atoms with Gasteiger partial charge in [0.1, 0.15) is 5.82 Å². The third-order valence-electron chi connectivity index (χ3n) is 7.38. The number of likely N-dealkylation sites (tertiary alicyclic amines) is 1. The topological polar surface area (TPSA) is 116 Å². The zero-order valence-corrected chi connectivity index (χ0v) is 22.0. The Hall–Kier alpha value is -4.44. The van der Waals surface area contributed by atoms with Crippen LogP contribution in [0.1, 0.15) is 33.6 Å². The molecule has 11 heteroatoms. The van der Waals surface area contributed by atoms with Crippen molar-refractivity contribution in [3.63, 3.8) is 0 Å². The molecule has 0 unspecified atom stereocenters. The lowest BCUT2D eigenvalue weighted by atomic mass is 10.1. The minimum Gasteiger partial charge on any atom is -0.360 e. The summed E-state index contributed by atoms with van der Waals surface area (Å²) in [6.07, 6.45) is 4.80. The summed E-state index contributed by atoms with van der Waals surface area (Å²) in [6, 6.07) is 12.4. The number of amides is 3. The Balaban J connectivity index is 1.21. The molecule has 40 heavy (non-hydrogen) atoms. The molecule has 6 rings (SSSR count). The molecule has 9 nitrogen and oxygen atoms in total. The Kier molecular flexibility index (Phi) is 6.63. The van der Waals surface area contributed by atoms with Crippen molar-refractivity contribution in [3.8, 4) is 5.69 Å². The minimum atomic E-state index is -0.798. The van der Waals surface area contributed by atoms with Gasteiger partial charge in [-0.25, -0.2) is 4.39 Å². The standard InChI is InChI=1S/C29H25ClFN5O4/c30-21-13-32-23-11-17(6-8-19(21)23)27(38)33-24-14-35(29(40)16-4-5-16)15-25(24)34-28(39)20-9-7-18(12-22(20)31)36-10-2-1-3-26(36)37/h1-3,6-13,16,24-25,32H,4-5,14-15H2,(H,33,38)(H,34,39)/t24-,25+/m1/s1. The van der Waals surface area contributed by atoms with Gasteiger partial charge in [-0.1, -0.05) is 23.7 Å². The average Bonchev–Trinajstić information content (AvgIpc) is 3.63. The molecule has 1 saturated heterocycles. The number of rotatable bonds is 6. The number of H-pyrrole nitrogens is 1. The maximum absolute atomic E-state index is 15.0. The van der Waals surface area contributed by atoms with E-state index in [2.05, 4.69) is 15.6 Å². The van der Waals surface area contributed by atoms with Crippen LogP contribution in [0.4, 0.5) is 4.39 Å². The summed E-state index contributed by atoms with van der Waals surface area (Å²) in [5, 5.41) is 7.09. The van der Waals surface area contributed by atoms with Gasteiger partial charge in [-0.2, -0.15) is 0 Å². The predicted octanol–water partition coefficient (Wildman–Crippen LogP) is 3.26. The molecule has 1 aliphatic carbocycles. The molecule has 0 spiro atoms. The molecule has 3 heterocycles. The summed E-state index contributed by atoms with van der Waals surface area (Å²) in [6.45, 7) is 0.414. The van der Waals surface area contributed by atoms with E-state index < -0.39 is 23.8 Å². The third-order valence-corrected chi connectivity index (χ3v) is 7.70. The SMILES string of the molecule is O=C(N[C@@H]1CN(C(=O)C2CC2)C[C@@H]1NC(=O)c1ccc(-n2ccccc2=O)cc1F)c1ccc2c(Cl)c[nH]c2c1. The zero-order chi connectivity index (χ0) is 28.0. The minimum absolute atomic E-state index is 0.0118. The third kappa shape index (κ3) is 4.98. The lowest BCUT2D eigenvalue weighted by molar-refractivity contribution is -0.131. The number of hydrogen-bond donors (Lipinski definition) is 3. The number of nitrogens with one attached hydrogen (secondary N) is 3. The molecular formula is C29H25ClFN5O4. The molecular weight excluding hydrogens is 537 g/mol. The van der Waals surface area contributed by atoms with Gasteiger partial charge in [0.25, 0.3) is 17.4 Å². The second-order valence-corrected chi connectivity index (χ2v) is 10.6. The van der Waals surface area contributed by atoms with Crippen molar-refractivity contribution in [2.24, 2.45) is 5.92 Å². The molecule has 2 fully saturated rings. The molecule has 0 bridgehead atoms. The maximum Gasteiger partial charge on any atom is 0.255 e. The molecule has 3 amide bonds. The van der Waals surface area contributed by atoms with Crippen LogP contribution in [0, 0.1) is 11.7 Å². The number of pyridine rings is 1. The van der Waals surface area contributed by atoms with Gasteiger partial charge in [0.05, 0.1) is 28.4 Å². The first kappa shape index (κ1) is 25.8. The number of benzene rings is 2. The van der Waals surface area contributed by atoms with E-state index in [0.29, 0.717) is 16.1 Å². The summed E-state index contributed by atoms with van der Waals surface area (Å²) in [4.78, 5) is 55.9. The molecule has 3 N–H and O–H groups in total. The second kappa shape index (κ2) is 10.3. The van der Waals surface area contributed by atoms with E-state index in [1.165, 1.54) is 29.0 Å². The summed E-state index contributed by atoms with van der Waals surface area (Å²) in [5.41, 5.74) is 0.839. The van der Waals surface area contributed by atoms with E-state index in [9.17, 15) is 19.2 Å². The highest BCUT2D eigenvalue weighted by Crippen LogP contribution is 2.32. The van der Waals surface area contributed by atoms with Gasteiger partial charge in [-0.15, -0.1) is 0 Å². The predicted molar refractivity (Wildman–Crippen MR) is 147 cm³/mol. The fraction of sp³-hybridized carbons (Fsp3) is 0.241. The van der Waals surface area contributed by atoms with E-state index in [-0.39, 0.29) is 47.6 Å². The first-order valence-electron chi connectivity index (χ1n) is 12.9. The Morgan fingerprint density at radius 1 is 0.950 bits per heavy atom. The van der Waals surface area contributed by atoms with Gasteiger partial charge in [-0.3, -0.25) is 23.7 Å². The summed E-state index contributed by atoms with van der Waals surface area (Å²) in [5.74, 6) is -1.90. The Labute approximate surface area is 232 Å². The fourth-order valence-corrected chi connectivity index (χ4v) is 5.29. The van der Waals surface area contributed by atoms with Crippen LogP contribution in [0.2, 0.25) is 5.02 Å². The average molecular weight is 562 g/mol. The van der Waals surface area contributed by atoms with E-state index in [1.54, 1.807) is 41.4 Å². The van der Waals surface area contributed by atoms with Gasteiger partial charge in [0, 0.05) is 53.9 Å². The van der Waals surface area contributed by atoms with Crippen molar-refractivity contribution in [3.05, 3.63) is 99.3 Å². The normalized spacial score (nSPS) is 18.6. The van der Waals surface area contributed by atoms with Crippen molar-refractivity contribution >= 4 is 40.2 Å². The van der Waals surface area contributed by atoms with Gasteiger partial charge in [-0.05, 0) is 49.2 Å². The number of aromatic amines is 1. The van der Waals surface area contributed by atoms with Crippen LogP contribution in [0.3, 0.4) is 0 Å². The molecule has 0 radical (unpaired) electrons. The molecule has 4 aromatic rings. The van der Waals surface area contributed by atoms with Crippen molar-refractivity contribution in [2.75, 3.05) is 13.1 Å². The van der Waals surface area contributed by atoms with E-state index >= 15 is 4.39 Å². The highest BCUT2D eigenvalue weighted by Gasteiger charge is 2.42. The van der Waals surface area contributed by atoms with Crippen LogP contribution in [0.5, 0.6) is 0 Å². The zero-order valence-electron chi connectivity index (χ0n) is 21.2. The molecule has 1 aliphatic heterocycles. The highest BCUT2D eigenvalue weighted by atomic mass is 35.5. The van der Waals surface area contributed by atoms with E-state index in [4.69, 9.17) is 11.6 Å². The lowest BCUT2D eigenvalue weighted by Crippen LogP contribution is -2.51. The van der Waals surface area contributed by atoms with Crippen molar-refractivity contribution in [1.82, 2.24) is 25.1 Å². The Bertz CT molecular complexity index is 1710. The number of fused-ring (bicyclic) bond motifs is 1. The Morgan fingerprint density at radius 2 is 1.70 bits per heavy atom. The quantitative estimate of drug-likeness (QED) is 0.335. The lowest BCUT2D eigenvalue weighted by Gasteiger charge is -2.21. The van der Waals surface area contributed by atoms with Gasteiger partial charge >= 0.3 is 0 Å². The molecule has 1 saturated carbocycles. The van der Waals surface area contributed by atoms with Crippen LogP contribution in [0.25, 0.3) is 16.6 Å². The van der Waals surface area contributed by atoms with Crippen LogP contribution < -0.4 is 16.2 Å². The van der Waals surface area contributed by atoms with Crippen LogP contribution in [-0.2, 0) is 4.79 Å². The van der Waals surface area contributed by atoms with Crippen LogP contribution in [0.15, 0.2) is 71.8 Å². The molecule has 2 aliphatic rings. The number of carbonyl (C=O) groups is 3. The molecule has 2 aromatic heterocycles. The first-order valence-corrected chi connectivity index (χ1v) is 13.3. The van der Waals surface area contributed by atoms with Gasteiger partial charge in [0.2, 0.25) is 5.91 Å². The van der Waals surface area contributed by atoms with Gasteiger partial charge < -0.3 is 20.5 Å². The Morgan fingerprint density at radius 3 is 2.40 bits per heavy atom. The number of aromatic nitrogens is 2. The van der Waals surface area contributed by atoms with Gasteiger partial charge in [0.15, 0.2) is 0 Å². The summed E-state index contributed by atoms with van der Waals surface area (Å²) >= 11 is 6.14. The highest BCUT2D eigenvalue weighted by molar-refractivity contribution is 6.35. The van der Waals surface area contributed by atoms with E-state index in [1.807, 2.05) is 0 Å².